The van der Waals surface area contributed by atoms with Gasteiger partial charge in [0.25, 0.3) is 0 Å². The minimum absolute atomic E-state index is 0.259. The van der Waals surface area contributed by atoms with Crippen molar-refractivity contribution in [1.29, 1.82) is 0 Å². The van der Waals surface area contributed by atoms with Crippen molar-refractivity contribution in [3.8, 4) is 11.5 Å². The first-order chi connectivity index (χ1) is 17.1. The largest absolute Gasteiger partial charge is 0.493 e. The average molecular weight is 490 g/mol. The van der Waals surface area contributed by atoms with Crippen LogP contribution in [0.4, 0.5) is 11.5 Å². The molecule has 4 aromatic rings. The maximum atomic E-state index is 11.6. The van der Waals surface area contributed by atoms with Gasteiger partial charge in [-0.1, -0.05) is 42.1 Å². The SMILES string of the molecule is COC(=O)CCSc1nc(Nc2ccc(C3CC3)c3ccccc23)c2cc(OC)c(OC)cc2n1. The summed E-state index contributed by atoms with van der Waals surface area (Å²) in [7, 11) is 4.60. The molecule has 8 heteroatoms. The second kappa shape index (κ2) is 10.00. The molecule has 3 aromatic carbocycles. The Morgan fingerprint density at radius 2 is 1.71 bits per heavy atom. The molecule has 1 aliphatic rings. The number of carbonyl (C=O) groups is 1. The molecule has 7 nitrogen and oxygen atoms in total. The lowest BCUT2D eigenvalue weighted by molar-refractivity contribution is -0.140. The smallest absolute Gasteiger partial charge is 0.306 e. The number of methoxy groups -OCH3 is 3. The van der Waals surface area contributed by atoms with Crippen LogP contribution in [0.2, 0.25) is 0 Å². The van der Waals surface area contributed by atoms with Crippen LogP contribution < -0.4 is 14.8 Å². The Balaban J connectivity index is 1.58. The Kier molecular flexibility index (Phi) is 6.63. The first-order valence-corrected chi connectivity index (χ1v) is 12.5. The molecule has 1 N–H and O–H groups in total. The highest BCUT2D eigenvalue weighted by Crippen LogP contribution is 2.45. The zero-order valence-corrected chi connectivity index (χ0v) is 20.8. The lowest BCUT2D eigenvalue weighted by atomic mass is 9.99. The molecular weight excluding hydrogens is 462 g/mol. The van der Waals surface area contributed by atoms with Crippen LogP contribution in [0.5, 0.6) is 11.5 Å². The van der Waals surface area contributed by atoms with Gasteiger partial charge in [-0.25, -0.2) is 9.97 Å². The van der Waals surface area contributed by atoms with Gasteiger partial charge in [0.2, 0.25) is 0 Å². The van der Waals surface area contributed by atoms with E-state index in [-0.39, 0.29) is 12.4 Å². The van der Waals surface area contributed by atoms with E-state index in [4.69, 9.17) is 24.2 Å². The summed E-state index contributed by atoms with van der Waals surface area (Å²) in [6.45, 7) is 0. The van der Waals surface area contributed by atoms with E-state index < -0.39 is 0 Å². The van der Waals surface area contributed by atoms with Crippen LogP contribution in [0.1, 0.15) is 30.7 Å². The summed E-state index contributed by atoms with van der Waals surface area (Å²) in [4.78, 5) is 21.1. The third-order valence-corrected chi connectivity index (χ3v) is 7.02. The van der Waals surface area contributed by atoms with Crippen LogP contribution in [0.15, 0.2) is 53.7 Å². The minimum Gasteiger partial charge on any atom is -0.493 e. The molecule has 0 bridgehead atoms. The van der Waals surface area contributed by atoms with Crippen molar-refractivity contribution in [2.45, 2.75) is 30.3 Å². The zero-order chi connectivity index (χ0) is 24.4. The molecule has 1 aliphatic carbocycles. The van der Waals surface area contributed by atoms with Crippen molar-refractivity contribution in [1.82, 2.24) is 9.97 Å². The fourth-order valence-corrected chi connectivity index (χ4v) is 5.00. The summed E-state index contributed by atoms with van der Waals surface area (Å²) in [5.41, 5.74) is 3.11. The Morgan fingerprint density at radius 1 is 0.971 bits per heavy atom. The molecule has 0 unspecified atom stereocenters. The van der Waals surface area contributed by atoms with Gasteiger partial charge in [0.1, 0.15) is 5.82 Å². The van der Waals surface area contributed by atoms with Gasteiger partial charge in [0.05, 0.1) is 33.3 Å². The number of nitrogens with one attached hydrogen (secondary N) is 1. The van der Waals surface area contributed by atoms with Crippen molar-refractivity contribution in [2.75, 3.05) is 32.4 Å². The van der Waals surface area contributed by atoms with E-state index in [1.807, 2.05) is 12.1 Å². The summed E-state index contributed by atoms with van der Waals surface area (Å²) in [6, 6.07) is 16.6. The van der Waals surface area contributed by atoms with Crippen LogP contribution in [-0.2, 0) is 9.53 Å². The first-order valence-electron chi connectivity index (χ1n) is 11.5. The number of fused-ring (bicyclic) bond motifs is 2. The molecule has 0 aliphatic heterocycles. The third kappa shape index (κ3) is 4.84. The maximum absolute atomic E-state index is 11.6. The van der Waals surface area contributed by atoms with Crippen molar-refractivity contribution >= 4 is 50.9 Å². The van der Waals surface area contributed by atoms with E-state index in [2.05, 4.69) is 41.7 Å². The summed E-state index contributed by atoms with van der Waals surface area (Å²) >= 11 is 1.41. The number of rotatable bonds is 9. The number of hydrogen-bond donors (Lipinski definition) is 1. The number of hydrogen-bond acceptors (Lipinski definition) is 8. The molecule has 35 heavy (non-hydrogen) atoms. The predicted molar refractivity (Wildman–Crippen MR) is 139 cm³/mol. The Bertz CT molecular complexity index is 1400. The lowest BCUT2D eigenvalue weighted by Gasteiger charge is -2.16. The van der Waals surface area contributed by atoms with Gasteiger partial charge in [0, 0.05) is 28.3 Å². The molecule has 180 valence electrons. The lowest BCUT2D eigenvalue weighted by Crippen LogP contribution is -2.03. The summed E-state index contributed by atoms with van der Waals surface area (Å²) in [5, 5.41) is 7.37. The van der Waals surface area contributed by atoms with Crippen LogP contribution in [0.3, 0.4) is 0 Å². The van der Waals surface area contributed by atoms with Crippen LogP contribution in [0.25, 0.3) is 21.7 Å². The number of anilines is 2. The average Bonchev–Trinajstić information content (AvgIpc) is 3.73. The van der Waals surface area contributed by atoms with Gasteiger partial charge in [0.15, 0.2) is 16.7 Å². The van der Waals surface area contributed by atoms with Crippen LogP contribution in [0, 0.1) is 0 Å². The number of esters is 1. The van der Waals surface area contributed by atoms with Gasteiger partial charge < -0.3 is 19.5 Å². The molecule has 0 radical (unpaired) electrons. The molecule has 1 saturated carbocycles. The summed E-state index contributed by atoms with van der Waals surface area (Å²) in [5.74, 6) is 2.78. The van der Waals surface area contributed by atoms with Gasteiger partial charge in [-0.3, -0.25) is 4.79 Å². The fraction of sp³-hybridized carbons (Fsp3) is 0.296. The van der Waals surface area contributed by atoms with Gasteiger partial charge >= 0.3 is 5.97 Å². The molecule has 1 aromatic heterocycles. The number of benzene rings is 3. The molecule has 0 amide bonds. The molecule has 0 saturated heterocycles. The highest BCUT2D eigenvalue weighted by Gasteiger charge is 2.25. The van der Waals surface area contributed by atoms with Gasteiger partial charge in [-0.2, -0.15) is 0 Å². The summed E-state index contributed by atoms with van der Waals surface area (Å²) < 4.78 is 15.8. The van der Waals surface area contributed by atoms with Crippen LogP contribution >= 0.6 is 11.8 Å². The first kappa shape index (κ1) is 23.2. The monoisotopic (exact) mass is 489 g/mol. The topological polar surface area (TPSA) is 82.6 Å². The maximum Gasteiger partial charge on any atom is 0.306 e. The molecule has 0 atom stereocenters. The fourth-order valence-electron chi connectivity index (χ4n) is 4.23. The molecular formula is C27H27N3O4S. The number of aromatic nitrogens is 2. The summed E-state index contributed by atoms with van der Waals surface area (Å²) in [6.07, 6.45) is 2.78. The predicted octanol–water partition coefficient (Wildman–Crippen LogP) is 6.08. The number of thioether (sulfide) groups is 1. The minimum atomic E-state index is -0.259. The van der Waals surface area contributed by atoms with E-state index in [9.17, 15) is 4.79 Å². The number of ether oxygens (including phenoxy) is 3. The van der Waals surface area contributed by atoms with Crippen LogP contribution in [-0.4, -0.2) is 43.0 Å². The van der Waals surface area contributed by atoms with Crippen molar-refractivity contribution in [3.63, 3.8) is 0 Å². The second-order valence-electron chi connectivity index (χ2n) is 8.40. The van der Waals surface area contributed by atoms with E-state index in [0.717, 1.165) is 22.0 Å². The Morgan fingerprint density at radius 3 is 2.43 bits per heavy atom. The van der Waals surface area contributed by atoms with E-state index in [0.29, 0.717) is 34.1 Å². The van der Waals surface area contributed by atoms with Crippen molar-refractivity contribution < 1.29 is 19.0 Å². The highest BCUT2D eigenvalue weighted by molar-refractivity contribution is 7.99. The van der Waals surface area contributed by atoms with E-state index >= 15 is 0 Å². The van der Waals surface area contributed by atoms with Gasteiger partial charge in [-0.05, 0) is 41.8 Å². The van der Waals surface area contributed by atoms with Gasteiger partial charge in [-0.15, -0.1) is 0 Å². The molecule has 0 spiro atoms. The normalized spacial score (nSPS) is 13.1. The van der Waals surface area contributed by atoms with Crippen molar-refractivity contribution in [2.24, 2.45) is 0 Å². The number of nitrogens with zero attached hydrogens (tertiary/aromatic N) is 2. The molecule has 1 heterocycles. The van der Waals surface area contributed by atoms with E-state index in [1.165, 1.54) is 42.7 Å². The Labute approximate surface area is 208 Å². The van der Waals surface area contributed by atoms with Crippen molar-refractivity contribution in [3.05, 3.63) is 54.1 Å². The zero-order valence-electron chi connectivity index (χ0n) is 20.0. The number of carbonyl (C=O) groups excluding carboxylic acids is 1. The highest BCUT2D eigenvalue weighted by atomic mass is 32.2. The Hall–Kier alpha value is -3.52. The molecule has 1 fully saturated rings. The molecule has 5 rings (SSSR count). The standard InChI is InChI=1S/C27H27N3O4S/c1-32-23-14-20-22(15-24(23)33-2)29-27(35-13-12-25(31)34-3)30-26(20)28-21-11-10-17(16-8-9-16)18-6-4-5-7-19(18)21/h4-7,10-11,14-16H,8-9,12-13H2,1-3H3,(H,28,29,30). The second-order valence-corrected chi connectivity index (χ2v) is 9.46. The third-order valence-electron chi connectivity index (χ3n) is 6.17. The quantitative estimate of drug-likeness (QED) is 0.172. The van der Waals surface area contributed by atoms with E-state index in [1.54, 1.807) is 14.2 Å².